The fraction of sp³-hybridized carbons (Fsp3) is 0.231. The number of hydrogen-bond donors (Lipinski definition) is 1. The molecule has 0 aliphatic carbocycles. The van der Waals surface area contributed by atoms with Gasteiger partial charge in [0.2, 0.25) is 5.91 Å². The van der Waals surface area contributed by atoms with Gasteiger partial charge in [-0.25, -0.2) is 4.79 Å². The van der Waals surface area contributed by atoms with E-state index in [1.807, 2.05) is 12.3 Å². The smallest absolute Gasteiger partial charge is 0.336 e. The molecule has 5 heteroatoms. The molecule has 0 radical (unpaired) electrons. The number of benzene rings is 1. The minimum absolute atomic E-state index is 0.156. The van der Waals surface area contributed by atoms with Crippen molar-refractivity contribution in [2.24, 2.45) is 0 Å². The van der Waals surface area contributed by atoms with Crippen LogP contribution in [0.5, 0.6) is 0 Å². The molecule has 0 saturated carbocycles. The van der Waals surface area contributed by atoms with Gasteiger partial charge in [0.15, 0.2) is 0 Å². The first kappa shape index (κ1) is 12.7. The molecule has 18 heavy (non-hydrogen) atoms. The summed E-state index contributed by atoms with van der Waals surface area (Å²) in [6, 6.07) is 6.83. The van der Waals surface area contributed by atoms with Crippen molar-refractivity contribution in [2.45, 2.75) is 12.7 Å². The second-order valence-corrected chi connectivity index (χ2v) is 4.78. The average molecular weight is 263 g/mol. The van der Waals surface area contributed by atoms with Crippen LogP contribution < -0.4 is 10.9 Å². The summed E-state index contributed by atoms with van der Waals surface area (Å²) in [5, 5.41) is 3.56. The molecule has 1 aromatic carbocycles. The van der Waals surface area contributed by atoms with Crippen LogP contribution in [-0.4, -0.2) is 12.2 Å². The Bertz CT molecular complexity index is 648. The van der Waals surface area contributed by atoms with Crippen LogP contribution in [0.4, 0.5) is 5.69 Å². The van der Waals surface area contributed by atoms with Crippen molar-refractivity contribution in [3.63, 3.8) is 0 Å². The Kier molecular flexibility index (Phi) is 3.72. The number of thioether (sulfide) groups is 1. The molecule has 0 spiro atoms. The summed E-state index contributed by atoms with van der Waals surface area (Å²) in [6.45, 7) is 1.44. The molecule has 4 nitrogen and oxygen atoms in total. The summed E-state index contributed by atoms with van der Waals surface area (Å²) < 4.78 is 5.15. The molecule has 1 heterocycles. The summed E-state index contributed by atoms with van der Waals surface area (Å²) in [5.74, 6) is 0.596. The van der Waals surface area contributed by atoms with E-state index in [4.69, 9.17) is 4.42 Å². The lowest BCUT2D eigenvalue weighted by atomic mass is 10.1. The van der Waals surface area contributed by atoms with Gasteiger partial charge in [-0.15, -0.1) is 0 Å². The molecule has 0 atom stereocenters. The molecule has 0 aliphatic rings. The molecule has 0 fully saturated rings. The van der Waals surface area contributed by atoms with E-state index in [0.717, 1.165) is 16.7 Å². The third kappa shape index (κ3) is 2.73. The van der Waals surface area contributed by atoms with E-state index in [-0.39, 0.29) is 11.5 Å². The Labute approximate surface area is 108 Å². The van der Waals surface area contributed by atoms with Gasteiger partial charge >= 0.3 is 5.63 Å². The number of carbonyl (C=O) groups excluding carboxylic acids is 1. The van der Waals surface area contributed by atoms with E-state index < -0.39 is 0 Å². The third-order valence-electron chi connectivity index (χ3n) is 2.45. The molecule has 1 aromatic heterocycles. The Morgan fingerprint density at radius 1 is 1.39 bits per heavy atom. The topological polar surface area (TPSA) is 59.3 Å². The maximum atomic E-state index is 11.4. The van der Waals surface area contributed by atoms with Crippen molar-refractivity contribution in [2.75, 3.05) is 11.6 Å². The minimum atomic E-state index is -0.369. The molecule has 1 N–H and O–H groups in total. The van der Waals surface area contributed by atoms with Crippen molar-refractivity contribution in [3.8, 4) is 0 Å². The molecule has 0 saturated heterocycles. The molecular weight excluding hydrogens is 250 g/mol. The standard InChI is InChI=1S/C13H13NO3S/c1-8(15)14-10-3-4-11-9(7-18-2)5-13(16)17-12(11)6-10/h3-6H,7H2,1-2H3,(H,14,15). The van der Waals surface area contributed by atoms with Crippen molar-refractivity contribution in [1.82, 2.24) is 0 Å². The summed E-state index contributed by atoms with van der Waals surface area (Å²) in [4.78, 5) is 22.4. The predicted octanol–water partition coefficient (Wildman–Crippen LogP) is 2.61. The fourth-order valence-corrected chi connectivity index (χ4v) is 2.34. The van der Waals surface area contributed by atoms with Crippen LogP contribution in [0.2, 0.25) is 0 Å². The van der Waals surface area contributed by atoms with E-state index in [0.29, 0.717) is 11.3 Å². The lowest BCUT2D eigenvalue weighted by molar-refractivity contribution is -0.114. The van der Waals surface area contributed by atoms with Gasteiger partial charge in [-0.2, -0.15) is 11.8 Å². The molecule has 2 rings (SSSR count). The van der Waals surface area contributed by atoms with Crippen LogP contribution in [-0.2, 0) is 10.5 Å². The Morgan fingerprint density at radius 3 is 2.83 bits per heavy atom. The van der Waals surface area contributed by atoms with Gasteiger partial charge in [-0.05, 0) is 24.0 Å². The first-order chi connectivity index (χ1) is 8.60. The first-order valence-corrected chi connectivity index (χ1v) is 6.83. The number of rotatable bonds is 3. The van der Waals surface area contributed by atoms with Crippen LogP contribution >= 0.6 is 11.8 Å². The number of hydrogen-bond acceptors (Lipinski definition) is 4. The maximum Gasteiger partial charge on any atom is 0.336 e. The van der Waals surface area contributed by atoms with Crippen molar-refractivity contribution >= 4 is 34.3 Å². The quantitative estimate of drug-likeness (QED) is 0.865. The maximum absolute atomic E-state index is 11.4. The lowest BCUT2D eigenvalue weighted by Gasteiger charge is -2.06. The zero-order valence-corrected chi connectivity index (χ0v) is 11.0. The van der Waals surface area contributed by atoms with Crippen molar-refractivity contribution in [1.29, 1.82) is 0 Å². The van der Waals surface area contributed by atoms with Crippen molar-refractivity contribution in [3.05, 3.63) is 40.2 Å². The van der Waals surface area contributed by atoms with Crippen LogP contribution in [0, 0.1) is 0 Å². The van der Waals surface area contributed by atoms with E-state index in [1.165, 1.54) is 13.0 Å². The predicted molar refractivity (Wildman–Crippen MR) is 74.0 cm³/mol. The Hall–Kier alpha value is -1.75. The number of nitrogens with one attached hydrogen (secondary N) is 1. The number of carbonyl (C=O) groups is 1. The molecular formula is C13H13NO3S. The summed E-state index contributed by atoms with van der Waals surface area (Å²) >= 11 is 1.64. The number of fused-ring (bicyclic) bond motifs is 1. The van der Waals surface area contributed by atoms with Gasteiger partial charge < -0.3 is 9.73 Å². The second kappa shape index (κ2) is 5.27. The second-order valence-electron chi connectivity index (χ2n) is 3.92. The number of amides is 1. The molecule has 94 valence electrons. The fourth-order valence-electron chi connectivity index (χ4n) is 1.79. The largest absolute Gasteiger partial charge is 0.423 e. The Morgan fingerprint density at radius 2 is 2.17 bits per heavy atom. The monoisotopic (exact) mass is 263 g/mol. The average Bonchev–Trinajstić information content (AvgIpc) is 2.27. The molecule has 1 amide bonds. The molecule has 0 aliphatic heterocycles. The van der Waals surface area contributed by atoms with Crippen molar-refractivity contribution < 1.29 is 9.21 Å². The zero-order valence-electron chi connectivity index (χ0n) is 10.1. The van der Waals surface area contributed by atoms with Gasteiger partial charge in [-0.3, -0.25) is 4.79 Å². The summed E-state index contributed by atoms with van der Waals surface area (Å²) in [7, 11) is 0. The van der Waals surface area contributed by atoms with E-state index in [1.54, 1.807) is 23.9 Å². The van der Waals surface area contributed by atoms with Gasteiger partial charge in [0.25, 0.3) is 0 Å². The van der Waals surface area contributed by atoms with Gasteiger partial charge in [0.1, 0.15) is 5.58 Å². The van der Waals surface area contributed by atoms with E-state index in [2.05, 4.69) is 5.32 Å². The van der Waals surface area contributed by atoms with Gasteiger partial charge in [0.05, 0.1) is 0 Å². The van der Waals surface area contributed by atoms with E-state index >= 15 is 0 Å². The van der Waals surface area contributed by atoms with Gasteiger partial charge in [-0.1, -0.05) is 0 Å². The zero-order chi connectivity index (χ0) is 13.1. The highest BCUT2D eigenvalue weighted by atomic mass is 32.2. The number of anilines is 1. The summed E-state index contributed by atoms with van der Waals surface area (Å²) in [5.41, 5.74) is 1.70. The highest BCUT2D eigenvalue weighted by Crippen LogP contribution is 2.23. The SMILES string of the molecule is CSCc1cc(=O)oc2cc(NC(C)=O)ccc12. The molecule has 0 unspecified atom stereocenters. The highest BCUT2D eigenvalue weighted by Gasteiger charge is 2.06. The first-order valence-electron chi connectivity index (χ1n) is 5.43. The van der Waals surface area contributed by atoms with E-state index in [9.17, 15) is 9.59 Å². The molecule has 2 aromatic rings. The van der Waals surface area contributed by atoms with Crippen LogP contribution in [0.3, 0.4) is 0 Å². The Balaban J connectivity index is 2.56. The van der Waals surface area contributed by atoms with Gasteiger partial charge in [0, 0.05) is 35.9 Å². The van der Waals surface area contributed by atoms with Crippen LogP contribution in [0.1, 0.15) is 12.5 Å². The normalized spacial score (nSPS) is 10.6. The highest BCUT2D eigenvalue weighted by molar-refractivity contribution is 7.97. The molecule has 0 bridgehead atoms. The minimum Gasteiger partial charge on any atom is -0.423 e. The third-order valence-corrected chi connectivity index (χ3v) is 3.05. The van der Waals surface area contributed by atoms with Crippen LogP contribution in [0.15, 0.2) is 33.5 Å². The summed E-state index contributed by atoms with van der Waals surface area (Å²) in [6.07, 6.45) is 1.98. The van der Waals surface area contributed by atoms with Crippen LogP contribution in [0.25, 0.3) is 11.0 Å². The lowest BCUT2D eigenvalue weighted by Crippen LogP contribution is -2.06.